The van der Waals surface area contributed by atoms with Crippen molar-refractivity contribution >= 4 is 0 Å². The van der Waals surface area contributed by atoms with Crippen LogP contribution in [-0.2, 0) is 6.54 Å². The molecule has 0 spiro atoms. The van der Waals surface area contributed by atoms with E-state index in [-0.39, 0.29) is 0 Å². The highest BCUT2D eigenvalue weighted by atomic mass is 14.9. The van der Waals surface area contributed by atoms with Gasteiger partial charge in [0.25, 0.3) is 0 Å². The van der Waals surface area contributed by atoms with Crippen LogP contribution in [0.25, 0.3) is 0 Å². The van der Waals surface area contributed by atoms with Crippen LogP contribution >= 0.6 is 0 Å². The molecule has 0 bridgehead atoms. The highest BCUT2D eigenvalue weighted by molar-refractivity contribution is 5.00. The fraction of sp³-hybridized carbons (Fsp3) is 0.733. The summed E-state index contributed by atoms with van der Waals surface area (Å²) in [4.78, 5) is 8.46. The fourth-order valence-corrected chi connectivity index (χ4v) is 1.98. The Morgan fingerprint density at radius 3 is 2.67 bits per heavy atom. The zero-order valence-corrected chi connectivity index (χ0v) is 12.1. The Hall–Kier alpha value is -0.960. The van der Waals surface area contributed by atoms with Crippen LogP contribution in [0.1, 0.15) is 57.5 Å². The maximum atomic E-state index is 4.37. The zero-order valence-electron chi connectivity index (χ0n) is 12.1. The molecule has 1 aromatic heterocycles. The van der Waals surface area contributed by atoms with E-state index < -0.39 is 0 Å². The molecule has 0 unspecified atom stereocenters. The Bertz CT molecular complexity index is 323. The molecule has 1 rings (SSSR count). The predicted molar refractivity (Wildman–Crippen MR) is 76.4 cm³/mol. The normalized spacial score (nSPS) is 11.1. The summed E-state index contributed by atoms with van der Waals surface area (Å²) < 4.78 is 0. The largest absolute Gasteiger partial charge is 0.311 e. The minimum atomic E-state index is 0.850. The molecule has 3 heteroatoms. The van der Waals surface area contributed by atoms with Crippen molar-refractivity contribution in [3.05, 3.63) is 23.8 Å². The first-order valence-corrected chi connectivity index (χ1v) is 7.17. The van der Waals surface area contributed by atoms with Crippen molar-refractivity contribution in [2.45, 2.75) is 59.4 Å². The van der Waals surface area contributed by atoms with E-state index in [0.29, 0.717) is 0 Å². The topological polar surface area (TPSA) is 37.8 Å². The average molecular weight is 249 g/mol. The maximum absolute atomic E-state index is 4.37. The van der Waals surface area contributed by atoms with Gasteiger partial charge in [0.1, 0.15) is 5.82 Å². The molecule has 1 heterocycles. The Kier molecular flexibility index (Phi) is 7.58. The number of hydrogen-bond acceptors (Lipinski definition) is 3. The third-order valence-corrected chi connectivity index (χ3v) is 3.02. The summed E-state index contributed by atoms with van der Waals surface area (Å²) in [6, 6.07) is 1.97. The van der Waals surface area contributed by atoms with Gasteiger partial charge in [0.15, 0.2) is 0 Å². The average Bonchev–Trinajstić information content (AvgIpc) is 2.32. The standard InChI is InChI=1S/C15H27N3/c1-13(2)8-6-4-5-7-10-16-12-15-9-11-17-14(3)18-15/h9,11,13,16H,4-8,10,12H2,1-3H3. The first kappa shape index (κ1) is 15.1. The van der Waals surface area contributed by atoms with Crippen LogP contribution in [0.5, 0.6) is 0 Å². The number of unbranched alkanes of at least 4 members (excludes halogenated alkanes) is 3. The molecule has 0 aliphatic carbocycles. The van der Waals surface area contributed by atoms with Gasteiger partial charge in [-0.3, -0.25) is 0 Å². The third-order valence-electron chi connectivity index (χ3n) is 3.02. The number of rotatable bonds is 9. The van der Waals surface area contributed by atoms with Gasteiger partial charge in [0.05, 0.1) is 5.69 Å². The molecule has 0 aliphatic heterocycles. The van der Waals surface area contributed by atoms with Crippen LogP contribution in [-0.4, -0.2) is 16.5 Å². The van der Waals surface area contributed by atoms with Crippen molar-refractivity contribution in [2.75, 3.05) is 6.54 Å². The smallest absolute Gasteiger partial charge is 0.125 e. The van der Waals surface area contributed by atoms with Gasteiger partial charge in [-0.2, -0.15) is 0 Å². The van der Waals surface area contributed by atoms with Gasteiger partial charge in [0, 0.05) is 12.7 Å². The first-order valence-electron chi connectivity index (χ1n) is 7.17. The van der Waals surface area contributed by atoms with Crippen LogP contribution in [0, 0.1) is 12.8 Å². The summed E-state index contributed by atoms with van der Waals surface area (Å²) in [6.07, 6.45) is 8.54. The molecule has 0 atom stereocenters. The van der Waals surface area contributed by atoms with Gasteiger partial charge in [0.2, 0.25) is 0 Å². The molecule has 1 N–H and O–H groups in total. The maximum Gasteiger partial charge on any atom is 0.125 e. The van der Waals surface area contributed by atoms with E-state index in [2.05, 4.69) is 29.1 Å². The summed E-state index contributed by atoms with van der Waals surface area (Å²) in [5.41, 5.74) is 1.09. The van der Waals surface area contributed by atoms with E-state index in [1.54, 1.807) is 0 Å². The second-order valence-corrected chi connectivity index (χ2v) is 5.37. The number of aromatic nitrogens is 2. The van der Waals surface area contributed by atoms with Gasteiger partial charge in [-0.15, -0.1) is 0 Å². The number of aryl methyl sites for hydroxylation is 1. The van der Waals surface area contributed by atoms with Crippen molar-refractivity contribution in [1.82, 2.24) is 15.3 Å². The molecule has 0 radical (unpaired) electrons. The summed E-state index contributed by atoms with van der Waals surface area (Å²) in [7, 11) is 0. The molecule has 0 aliphatic rings. The molecular formula is C15H27N3. The Balaban J connectivity index is 1.96. The Morgan fingerprint density at radius 2 is 1.94 bits per heavy atom. The highest BCUT2D eigenvalue weighted by Gasteiger charge is 1.96. The lowest BCUT2D eigenvalue weighted by atomic mass is 10.0. The van der Waals surface area contributed by atoms with E-state index in [4.69, 9.17) is 0 Å². The van der Waals surface area contributed by atoms with Gasteiger partial charge in [-0.1, -0.05) is 39.5 Å². The van der Waals surface area contributed by atoms with Crippen LogP contribution in [0.4, 0.5) is 0 Å². The van der Waals surface area contributed by atoms with Gasteiger partial charge in [-0.25, -0.2) is 9.97 Å². The molecule has 0 aromatic carbocycles. The van der Waals surface area contributed by atoms with E-state index in [0.717, 1.165) is 30.5 Å². The van der Waals surface area contributed by atoms with Crippen molar-refractivity contribution in [3.8, 4) is 0 Å². The summed E-state index contributed by atoms with van der Waals surface area (Å²) in [6.45, 7) is 8.47. The Labute approximate surface area is 111 Å². The van der Waals surface area contributed by atoms with Gasteiger partial charge >= 0.3 is 0 Å². The van der Waals surface area contributed by atoms with Crippen LogP contribution < -0.4 is 5.32 Å². The van der Waals surface area contributed by atoms with Crippen molar-refractivity contribution in [1.29, 1.82) is 0 Å². The molecule has 0 saturated carbocycles. The number of nitrogens with zero attached hydrogens (tertiary/aromatic N) is 2. The third kappa shape index (κ3) is 7.38. The first-order chi connectivity index (χ1) is 8.68. The molecule has 0 amide bonds. The van der Waals surface area contributed by atoms with Gasteiger partial charge in [-0.05, 0) is 31.9 Å². The minimum absolute atomic E-state index is 0.850. The summed E-state index contributed by atoms with van der Waals surface area (Å²) in [5, 5.41) is 3.44. The molecule has 102 valence electrons. The Morgan fingerprint density at radius 1 is 1.17 bits per heavy atom. The van der Waals surface area contributed by atoms with E-state index in [1.165, 1.54) is 32.1 Å². The fourth-order valence-electron chi connectivity index (χ4n) is 1.98. The molecule has 18 heavy (non-hydrogen) atoms. The molecule has 0 saturated heterocycles. The monoisotopic (exact) mass is 249 g/mol. The molecular weight excluding hydrogens is 222 g/mol. The molecule has 0 fully saturated rings. The van der Waals surface area contributed by atoms with Crippen LogP contribution in [0.2, 0.25) is 0 Å². The van der Waals surface area contributed by atoms with Crippen LogP contribution in [0.3, 0.4) is 0 Å². The van der Waals surface area contributed by atoms with Gasteiger partial charge < -0.3 is 5.32 Å². The molecule has 3 nitrogen and oxygen atoms in total. The van der Waals surface area contributed by atoms with Crippen molar-refractivity contribution < 1.29 is 0 Å². The summed E-state index contributed by atoms with van der Waals surface area (Å²) in [5.74, 6) is 1.70. The zero-order chi connectivity index (χ0) is 13.2. The van der Waals surface area contributed by atoms with E-state index in [1.807, 2.05) is 19.2 Å². The highest BCUT2D eigenvalue weighted by Crippen LogP contribution is 2.08. The number of hydrogen-bond donors (Lipinski definition) is 1. The lowest BCUT2D eigenvalue weighted by molar-refractivity contribution is 0.511. The second kappa shape index (κ2) is 9.03. The lowest BCUT2D eigenvalue weighted by Gasteiger charge is -2.06. The van der Waals surface area contributed by atoms with Crippen LogP contribution in [0.15, 0.2) is 12.3 Å². The second-order valence-electron chi connectivity index (χ2n) is 5.37. The SMILES string of the molecule is Cc1nccc(CNCCCCCCC(C)C)n1. The van der Waals surface area contributed by atoms with E-state index >= 15 is 0 Å². The van der Waals surface area contributed by atoms with Crippen molar-refractivity contribution in [2.24, 2.45) is 5.92 Å². The number of nitrogens with one attached hydrogen (secondary N) is 1. The van der Waals surface area contributed by atoms with E-state index in [9.17, 15) is 0 Å². The molecule has 1 aromatic rings. The minimum Gasteiger partial charge on any atom is -0.311 e. The summed E-state index contributed by atoms with van der Waals surface area (Å²) >= 11 is 0. The lowest BCUT2D eigenvalue weighted by Crippen LogP contribution is -2.15. The predicted octanol–water partition coefficient (Wildman–Crippen LogP) is 3.48. The van der Waals surface area contributed by atoms with Crippen molar-refractivity contribution in [3.63, 3.8) is 0 Å². The quantitative estimate of drug-likeness (QED) is 0.681.